The molecule has 0 saturated carbocycles. The molecule has 0 aliphatic heterocycles. The van der Waals surface area contributed by atoms with E-state index in [0.29, 0.717) is 4.90 Å². The summed E-state index contributed by atoms with van der Waals surface area (Å²) in [5.74, 6) is -1.13. The summed E-state index contributed by atoms with van der Waals surface area (Å²) in [6.45, 7) is 7.73. The highest BCUT2D eigenvalue weighted by atomic mass is 16.6. The molecule has 0 heterocycles. The van der Waals surface area contributed by atoms with E-state index in [-0.39, 0.29) is 6.29 Å². The summed E-state index contributed by atoms with van der Waals surface area (Å²) < 4.78 is 10.0. The number of nitrogens with zero attached hydrogens (tertiary/aromatic N) is 1. The van der Waals surface area contributed by atoms with Crippen molar-refractivity contribution in [1.82, 2.24) is 10.2 Å². The first kappa shape index (κ1) is 23.8. The Morgan fingerprint density at radius 3 is 1.85 bits per heavy atom. The van der Waals surface area contributed by atoms with E-state index in [1.54, 1.807) is 41.5 Å². The number of ether oxygens (including phenoxy) is 2. The SMILES string of the molecule is CC(C)(C)OC(=O)N[C@@H](CO)C(=O)N(C(=O)OC(C)(C)C)[C@H](C=O)CO. The Labute approximate surface area is 152 Å². The third-order valence-corrected chi connectivity index (χ3v) is 2.68. The highest BCUT2D eigenvalue weighted by Crippen LogP contribution is 2.13. The first-order chi connectivity index (χ1) is 11.8. The van der Waals surface area contributed by atoms with Gasteiger partial charge in [0, 0.05) is 0 Å². The fourth-order valence-electron chi connectivity index (χ4n) is 1.69. The largest absolute Gasteiger partial charge is 0.444 e. The van der Waals surface area contributed by atoms with Gasteiger partial charge in [-0.2, -0.15) is 0 Å². The van der Waals surface area contributed by atoms with Gasteiger partial charge in [0.05, 0.1) is 13.2 Å². The average molecular weight is 376 g/mol. The van der Waals surface area contributed by atoms with Crippen LogP contribution in [0.25, 0.3) is 0 Å². The van der Waals surface area contributed by atoms with E-state index in [2.05, 4.69) is 5.32 Å². The van der Waals surface area contributed by atoms with E-state index in [1.165, 1.54) is 0 Å². The molecule has 0 radical (unpaired) electrons. The lowest BCUT2D eigenvalue weighted by Crippen LogP contribution is -2.57. The van der Waals surface area contributed by atoms with Crippen molar-refractivity contribution >= 4 is 24.4 Å². The first-order valence-corrected chi connectivity index (χ1v) is 7.98. The second-order valence-electron chi connectivity index (χ2n) is 7.46. The van der Waals surface area contributed by atoms with Gasteiger partial charge in [-0.25, -0.2) is 14.5 Å². The number of aliphatic hydroxyl groups excluding tert-OH is 2. The van der Waals surface area contributed by atoms with Crippen LogP contribution >= 0.6 is 0 Å². The van der Waals surface area contributed by atoms with Crippen LogP contribution in [-0.4, -0.2) is 76.0 Å². The smallest absolute Gasteiger partial charge is 0.417 e. The van der Waals surface area contributed by atoms with Gasteiger partial charge in [0.2, 0.25) is 0 Å². The van der Waals surface area contributed by atoms with Crippen LogP contribution in [0.15, 0.2) is 0 Å². The van der Waals surface area contributed by atoms with Gasteiger partial charge in [0.1, 0.15) is 29.6 Å². The normalized spacial score (nSPS) is 14.0. The van der Waals surface area contributed by atoms with Gasteiger partial charge in [-0.3, -0.25) is 4.79 Å². The molecule has 0 aromatic rings. The molecule has 10 heteroatoms. The number of carbonyl (C=O) groups is 4. The number of alkyl carbamates (subject to hydrolysis) is 1. The van der Waals surface area contributed by atoms with Crippen LogP contribution in [0.2, 0.25) is 0 Å². The summed E-state index contributed by atoms with van der Waals surface area (Å²) in [6.07, 6.45) is -2.01. The van der Waals surface area contributed by atoms with Crippen LogP contribution in [0.3, 0.4) is 0 Å². The molecule has 0 aliphatic carbocycles. The van der Waals surface area contributed by atoms with Crippen LogP contribution in [0.4, 0.5) is 9.59 Å². The highest BCUT2D eigenvalue weighted by molar-refractivity contribution is 5.99. The zero-order valence-corrected chi connectivity index (χ0v) is 15.9. The third-order valence-electron chi connectivity index (χ3n) is 2.68. The van der Waals surface area contributed by atoms with Crippen molar-refractivity contribution < 1.29 is 38.9 Å². The molecule has 0 aliphatic rings. The molecule has 3 N–H and O–H groups in total. The molecule has 0 spiro atoms. The number of hydrogen-bond acceptors (Lipinski definition) is 8. The molecule has 150 valence electrons. The van der Waals surface area contributed by atoms with Crippen molar-refractivity contribution in [3.63, 3.8) is 0 Å². The van der Waals surface area contributed by atoms with Crippen LogP contribution in [0.5, 0.6) is 0 Å². The fourth-order valence-corrected chi connectivity index (χ4v) is 1.69. The number of carbonyl (C=O) groups excluding carboxylic acids is 4. The predicted molar refractivity (Wildman–Crippen MR) is 90.3 cm³/mol. The van der Waals surface area contributed by atoms with Crippen LogP contribution in [0, 0.1) is 0 Å². The number of hydrogen-bond donors (Lipinski definition) is 3. The monoisotopic (exact) mass is 376 g/mol. The molecule has 2 atom stereocenters. The summed E-state index contributed by atoms with van der Waals surface area (Å²) in [5.41, 5.74) is -1.83. The Kier molecular flexibility index (Phi) is 8.68. The maximum Gasteiger partial charge on any atom is 0.417 e. The maximum absolute atomic E-state index is 12.6. The van der Waals surface area contributed by atoms with E-state index >= 15 is 0 Å². The average Bonchev–Trinajstić information content (AvgIpc) is 2.45. The number of aldehydes is 1. The van der Waals surface area contributed by atoms with E-state index in [9.17, 15) is 29.4 Å². The molecule has 0 aromatic carbocycles. The van der Waals surface area contributed by atoms with Crippen molar-refractivity contribution in [2.24, 2.45) is 0 Å². The summed E-state index contributed by atoms with van der Waals surface area (Å²) >= 11 is 0. The van der Waals surface area contributed by atoms with Crippen LogP contribution < -0.4 is 5.32 Å². The topological polar surface area (TPSA) is 142 Å². The predicted octanol–water partition coefficient (Wildman–Crippen LogP) is 0.195. The minimum Gasteiger partial charge on any atom is -0.444 e. The number of aliphatic hydroxyl groups is 2. The van der Waals surface area contributed by atoms with Crippen LogP contribution in [0.1, 0.15) is 41.5 Å². The molecule has 0 aromatic heterocycles. The summed E-state index contributed by atoms with van der Waals surface area (Å²) in [4.78, 5) is 48.2. The van der Waals surface area contributed by atoms with E-state index in [0.717, 1.165) is 0 Å². The zero-order valence-electron chi connectivity index (χ0n) is 15.9. The van der Waals surface area contributed by atoms with Gasteiger partial charge >= 0.3 is 12.2 Å². The lowest BCUT2D eigenvalue weighted by atomic mass is 10.2. The van der Waals surface area contributed by atoms with Crippen molar-refractivity contribution in [2.45, 2.75) is 64.8 Å². The quantitative estimate of drug-likeness (QED) is 0.558. The number of nitrogens with one attached hydrogen (secondary N) is 1. The minimum absolute atomic E-state index is 0.184. The van der Waals surface area contributed by atoms with Crippen LogP contribution in [-0.2, 0) is 19.1 Å². The number of rotatable bonds is 6. The van der Waals surface area contributed by atoms with E-state index in [1.807, 2.05) is 0 Å². The molecular formula is C16H28N2O8. The van der Waals surface area contributed by atoms with E-state index < -0.39 is 54.6 Å². The van der Waals surface area contributed by atoms with Gasteiger partial charge in [-0.05, 0) is 41.5 Å². The molecule has 0 fully saturated rings. The van der Waals surface area contributed by atoms with E-state index in [4.69, 9.17) is 9.47 Å². The Balaban J connectivity index is 5.49. The molecule has 3 amide bonds. The number of amides is 3. The first-order valence-electron chi connectivity index (χ1n) is 7.98. The molecule has 26 heavy (non-hydrogen) atoms. The zero-order chi connectivity index (χ0) is 20.7. The molecule has 0 rings (SSSR count). The van der Waals surface area contributed by atoms with Gasteiger partial charge in [0.25, 0.3) is 5.91 Å². The fraction of sp³-hybridized carbons (Fsp3) is 0.750. The van der Waals surface area contributed by atoms with Gasteiger partial charge in [-0.15, -0.1) is 0 Å². The Morgan fingerprint density at radius 1 is 1.00 bits per heavy atom. The summed E-state index contributed by atoms with van der Waals surface area (Å²) in [5, 5.41) is 20.8. The standard InChI is InChI=1S/C16H28N2O8/c1-15(2,3)25-13(23)17-11(9-21)12(22)18(10(7-19)8-20)14(24)26-16(4,5)6/h7,10-11,20-21H,8-9H2,1-6H3,(H,17,23)/t10-,11+/m1/s1. The molecule has 0 unspecified atom stereocenters. The maximum atomic E-state index is 12.6. The van der Waals surface area contributed by atoms with Gasteiger partial charge in [-0.1, -0.05) is 0 Å². The minimum atomic E-state index is -1.58. The van der Waals surface area contributed by atoms with Gasteiger partial charge in [0.15, 0.2) is 0 Å². The van der Waals surface area contributed by atoms with Crippen molar-refractivity contribution in [2.75, 3.05) is 13.2 Å². The van der Waals surface area contributed by atoms with Crippen molar-refractivity contribution in [3.05, 3.63) is 0 Å². The lowest BCUT2D eigenvalue weighted by molar-refractivity contribution is -0.139. The third kappa shape index (κ3) is 8.26. The molecule has 0 saturated heterocycles. The summed E-state index contributed by atoms with van der Waals surface area (Å²) in [6, 6.07) is -3.11. The second kappa shape index (κ2) is 9.48. The second-order valence-corrected chi connectivity index (χ2v) is 7.46. The molecule has 10 nitrogen and oxygen atoms in total. The Bertz CT molecular complexity index is 521. The van der Waals surface area contributed by atoms with Crippen molar-refractivity contribution in [1.29, 1.82) is 0 Å². The highest BCUT2D eigenvalue weighted by Gasteiger charge is 2.38. The lowest BCUT2D eigenvalue weighted by Gasteiger charge is -2.31. The van der Waals surface area contributed by atoms with Gasteiger partial charge < -0.3 is 29.8 Å². The summed E-state index contributed by atoms with van der Waals surface area (Å²) in [7, 11) is 0. The Morgan fingerprint density at radius 2 is 1.50 bits per heavy atom. The number of imide groups is 1. The molecular weight excluding hydrogens is 348 g/mol. The molecule has 0 bridgehead atoms. The van der Waals surface area contributed by atoms with Crippen molar-refractivity contribution in [3.8, 4) is 0 Å². The Hall–Kier alpha value is -2.20.